The van der Waals surface area contributed by atoms with Gasteiger partial charge in [0.1, 0.15) is 0 Å². The van der Waals surface area contributed by atoms with E-state index in [0.29, 0.717) is 12.2 Å². The molecule has 4 heteroatoms. The second kappa shape index (κ2) is 2.65. The Morgan fingerprint density at radius 2 is 2.45 bits per heavy atom. The molecule has 0 atom stereocenters. The van der Waals surface area contributed by atoms with Crippen molar-refractivity contribution in [2.75, 3.05) is 5.73 Å². The molecule has 0 aliphatic heterocycles. The maximum absolute atomic E-state index is 10.6. The second-order valence-electron chi connectivity index (χ2n) is 2.21. The molecule has 0 radical (unpaired) electrons. The van der Waals surface area contributed by atoms with Crippen molar-refractivity contribution in [1.29, 1.82) is 0 Å². The maximum Gasteiger partial charge on any atom is 0.354 e. The Balaban J connectivity index is 3.17. The van der Waals surface area contributed by atoms with Crippen molar-refractivity contribution in [3.05, 3.63) is 18.0 Å². The average Bonchev–Trinajstić information content (AvgIpc) is 2.30. The van der Waals surface area contributed by atoms with Crippen molar-refractivity contribution in [1.82, 2.24) is 4.57 Å². The number of aromatic nitrogens is 1. The molecule has 0 amide bonds. The van der Waals surface area contributed by atoms with Crippen molar-refractivity contribution in [3.63, 3.8) is 0 Å². The zero-order valence-electron chi connectivity index (χ0n) is 6.24. The highest BCUT2D eigenvalue weighted by atomic mass is 16.4. The summed E-state index contributed by atoms with van der Waals surface area (Å²) in [5.74, 6) is -0.977. The molecule has 0 unspecified atom stereocenters. The van der Waals surface area contributed by atoms with E-state index in [0.717, 1.165) is 0 Å². The van der Waals surface area contributed by atoms with Crippen LogP contribution in [0.5, 0.6) is 0 Å². The van der Waals surface area contributed by atoms with Crippen LogP contribution in [-0.4, -0.2) is 15.6 Å². The summed E-state index contributed by atoms with van der Waals surface area (Å²) in [5, 5.41) is 8.67. The number of nitrogen functional groups attached to an aromatic ring is 1. The van der Waals surface area contributed by atoms with Crippen LogP contribution in [0.4, 0.5) is 5.69 Å². The molecule has 0 fully saturated rings. The summed E-state index contributed by atoms with van der Waals surface area (Å²) in [6.45, 7) is 2.49. The summed E-state index contributed by atoms with van der Waals surface area (Å²) in [6.07, 6.45) is 1.67. The van der Waals surface area contributed by atoms with Gasteiger partial charge in [-0.25, -0.2) is 4.79 Å². The van der Waals surface area contributed by atoms with E-state index >= 15 is 0 Å². The minimum atomic E-state index is -0.977. The monoisotopic (exact) mass is 154 g/mol. The fourth-order valence-electron chi connectivity index (χ4n) is 0.999. The van der Waals surface area contributed by atoms with Crippen molar-refractivity contribution in [2.45, 2.75) is 13.5 Å². The summed E-state index contributed by atoms with van der Waals surface area (Å²) in [4.78, 5) is 10.6. The van der Waals surface area contributed by atoms with Gasteiger partial charge in [0.25, 0.3) is 0 Å². The number of hydrogen-bond donors (Lipinski definition) is 2. The van der Waals surface area contributed by atoms with Crippen LogP contribution in [0.15, 0.2) is 12.3 Å². The Hall–Kier alpha value is -1.45. The number of aryl methyl sites for hydroxylation is 1. The third-order valence-corrected chi connectivity index (χ3v) is 1.54. The maximum atomic E-state index is 10.6. The number of carboxylic acids is 1. The second-order valence-corrected chi connectivity index (χ2v) is 2.21. The molecule has 0 bridgehead atoms. The highest BCUT2D eigenvalue weighted by Crippen LogP contribution is 2.12. The van der Waals surface area contributed by atoms with E-state index in [2.05, 4.69) is 0 Å². The Bertz CT molecular complexity index is 278. The number of hydrogen-bond acceptors (Lipinski definition) is 2. The van der Waals surface area contributed by atoms with Crippen molar-refractivity contribution < 1.29 is 9.90 Å². The van der Waals surface area contributed by atoms with Gasteiger partial charge < -0.3 is 15.4 Å². The van der Waals surface area contributed by atoms with E-state index < -0.39 is 5.97 Å². The number of carboxylic acid groups (broad SMARTS) is 1. The van der Waals surface area contributed by atoms with Gasteiger partial charge in [-0.2, -0.15) is 0 Å². The molecule has 0 aromatic carbocycles. The van der Waals surface area contributed by atoms with Gasteiger partial charge in [0, 0.05) is 12.7 Å². The Morgan fingerprint density at radius 3 is 2.82 bits per heavy atom. The average molecular weight is 154 g/mol. The van der Waals surface area contributed by atoms with Gasteiger partial charge in [-0.05, 0) is 13.0 Å². The van der Waals surface area contributed by atoms with Gasteiger partial charge >= 0.3 is 5.97 Å². The van der Waals surface area contributed by atoms with Crippen LogP contribution in [0.3, 0.4) is 0 Å². The summed E-state index contributed by atoms with van der Waals surface area (Å²) in [5.41, 5.74) is 5.91. The predicted octanol–water partition coefficient (Wildman–Crippen LogP) is 0.788. The lowest BCUT2D eigenvalue weighted by atomic mass is 10.4. The Labute approximate surface area is 64.2 Å². The van der Waals surface area contributed by atoms with Crippen LogP contribution in [0.25, 0.3) is 0 Å². The number of aromatic carboxylic acids is 1. The van der Waals surface area contributed by atoms with Crippen LogP contribution < -0.4 is 5.73 Å². The quantitative estimate of drug-likeness (QED) is 0.661. The van der Waals surface area contributed by atoms with Crippen LogP contribution >= 0.6 is 0 Å². The molecule has 11 heavy (non-hydrogen) atoms. The van der Waals surface area contributed by atoms with E-state index in [4.69, 9.17) is 10.8 Å². The number of nitrogens with zero attached hydrogens (tertiary/aromatic N) is 1. The standard InChI is InChI=1S/C7H10N2O2/c1-2-9-4-3-5(8)6(9)7(10)11/h3-4H,2,8H2,1H3,(H,10,11). The molecule has 1 aromatic rings. The smallest absolute Gasteiger partial charge is 0.354 e. The molecule has 0 saturated carbocycles. The third kappa shape index (κ3) is 1.19. The molecule has 0 spiro atoms. The lowest BCUT2D eigenvalue weighted by Crippen LogP contribution is -2.08. The molecule has 1 aromatic heterocycles. The van der Waals surface area contributed by atoms with Crippen molar-refractivity contribution in [3.8, 4) is 0 Å². The van der Waals surface area contributed by atoms with Gasteiger partial charge in [0.2, 0.25) is 0 Å². The lowest BCUT2D eigenvalue weighted by molar-refractivity contribution is 0.0686. The van der Waals surface area contributed by atoms with Crippen LogP contribution in [0.1, 0.15) is 17.4 Å². The van der Waals surface area contributed by atoms with E-state index in [1.807, 2.05) is 6.92 Å². The van der Waals surface area contributed by atoms with Crippen LogP contribution in [0, 0.1) is 0 Å². The van der Waals surface area contributed by atoms with E-state index in [9.17, 15) is 4.79 Å². The third-order valence-electron chi connectivity index (χ3n) is 1.54. The summed E-state index contributed by atoms with van der Waals surface area (Å²) in [7, 11) is 0. The molecule has 1 heterocycles. The minimum absolute atomic E-state index is 0.174. The molecule has 60 valence electrons. The summed E-state index contributed by atoms with van der Waals surface area (Å²) < 4.78 is 1.59. The zero-order valence-corrected chi connectivity index (χ0v) is 6.24. The minimum Gasteiger partial charge on any atom is -0.477 e. The topological polar surface area (TPSA) is 68.2 Å². The molecule has 1 rings (SSSR count). The first-order valence-electron chi connectivity index (χ1n) is 3.34. The highest BCUT2D eigenvalue weighted by Gasteiger charge is 2.11. The molecule has 0 aliphatic rings. The first-order valence-corrected chi connectivity index (χ1v) is 3.34. The predicted molar refractivity (Wildman–Crippen MR) is 41.5 cm³/mol. The fraction of sp³-hybridized carbons (Fsp3) is 0.286. The molecule has 4 nitrogen and oxygen atoms in total. The van der Waals surface area contributed by atoms with Gasteiger partial charge in [-0.1, -0.05) is 0 Å². The van der Waals surface area contributed by atoms with Crippen molar-refractivity contribution in [2.24, 2.45) is 0 Å². The molecular weight excluding hydrogens is 144 g/mol. The van der Waals surface area contributed by atoms with Gasteiger partial charge in [0.05, 0.1) is 5.69 Å². The Kier molecular flexibility index (Phi) is 1.85. The van der Waals surface area contributed by atoms with Crippen LogP contribution in [-0.2, 0) is 6.54 Å². The largest absolute Gasteiger partial charge is 0.477 e. The van der Waals surface area contributed by atoms with Crippen molar-refractivity contribution >= 4 is 11.7 Å². The number of carbonyl (C=O) groups is 1. The van der Waals surface area contributed by atoms with Gasteiger partial charge in [-0.15, -0.1) is 0 Å². The first kappa shape index (κ1) is 7.65. The first-order chi connectivity index (χ1) is 5.16. The highest BCUT2D eigenvalue weighted by molar-refractivity contribution is 5.91. The number of anilines is 1. The molecule has 0 aliphatic carbocycles. The lowest BCUT2D eigenvalue weighted by Gasteiger charge is -2.00. The molecule has 0 saturated heterocycles. The fourth-order valence-corrected chi connectivity index (χ4v) is 0.999. The van der Waals surface area contributed by atoms with E-state index in [1.165, 1.54) is 0 Å². The van der Waals surface area contributed by atoms with Gasteiger partial charge in [-0.3, -0.25) is 0 Å². The summed E-state index contributed by atoms with van der Waals surface area (Å²) in [6, 6.07) is 1.59. The van der Waals surface area contributed by atoms with Gasteiger partial charge in [0.15, 0.2) is 5.69 Å². The Morgan fingerprint density at radius 1 is 1.82 bits per heavy atom. The van der Waals surface area contributed by atoms with Crippen LogP contribution in [0.2, 0.25) is 0 Å². The summed E-state index contributed by atoms with van der Waals surface area (Å²) >= 11 is 0. The molecule has 3 N–H and O–H groups in total. The van der Waals surface area contributed by atoms with E-state index in [1.54, 1.807) is 16.8 Å². The normalized spacial score (nSPS) is 9.91. The SMILES string of the molecule is CCn1ccc(N)c1C(=O)O. The number of rotatable bonds is 2. The van der Waals surface area contributed by atoms with E-state index in [-0.39, 0.29) is 5.69 Å². The zero-order chi connectivity index (χ0) is 8.43. The number of nitrogens with two attached hydrogens (primary N) is 1. The molecular formula is C7H10N2O2.